The van der Waals surface area contributed by atoms with Crippen molar-refractivity contribution in [2.75, 3.05) is 7.11 Å². The molecule has 1 atom stereocenters. The normalized spacial score (nSPS) is 13.1. The number of hydrogen-bond donors (Lipinski definition) is 1. The smallest absolute Gasteiger partial charge is 0.119 e. The molecular weight excluding hydrogens is 176 g/mol. The van der Waals surface area contributed by atoms with E-state index in [1.54, 1.807) is 20.1 Å². The number of aryl methyl sites for hydroxylation is 1. The number of benzene rings is 1. The number of ether oxygens (including phenoxy) is 1. The molecule has 0 radical (unpaired) electrons. The van der Waals surface area contributed by atoms with Crippen LogP contribution >= 0.6 is 0 Å². The van der Waals surface area contributed by atoms with Crippen LogP contribution in [0.1, 0.15) is 18.1 Å². The van der Waals surface area contributed by atoms with Gasteiger partial charge in [-0.3, -0.25) is 0 Å². The minimum Gasteiger partial charge on any atom is -0.497 e. The lowest BCUT2D eigenvalue weighted by Gasteiger charge is -2.04. The zero-order chi connectivity index (χ0) is 10.6. The number of hydrogen-bond acceptors (Lipinski definition) is 2. The van der Waals surface area contributed by atoms with E-state index in [1.807, 2.05) is 31.2 Å². The highest BCUT2D eigenvalue weighted by atomic mass is 16.5. The maximum absolute atomic E-state index is 9.09. The number of methoxy groups -OCH3 is 1. The van der Waals surface area contributed by atoms with Gasteiger partial charge in [-0.1, -0.05) is 18.2 Å². The third-order valence-corrected chi connectivity index (χ3v) is 2.03. The Balaban J connectivity index is 2.89. The van der Waals surface area contributed by atoms with Crippen molar-refractivity contribution >= 4 is 6.08 Å². The quantitative estimate of drug-likeness (QED) is 0.796. The van der Waals surface area contributed by atoms with Crippen LogP contribution in [0.4, 0.5) is 0 Å². The topological polar surface area (TPSA) is 29.5 Å². The summed E-state index contributed by atoms with van der Waals surface area (Å²) >= 11 is 0. The van der Waals surface area contributed by atoms with E-state index in [9.17, 15) is 0 Å². The zero-order valence-corrected chi connectivity index (χ0v) is 8.82. The molecule has 0 fully saturated rings. The molecule has 0 aromatic heterocycles. The molecule has 0 amide bonds. The van der Waals surface area contributed by atoms with Crippen LogP contribution in [0.15, 0.2) is 24.3 Å². The van der Waals surface area contributed by atoms with Crippen LogP contribution in [-0.2, 0) is 0 Å². The lowest BCUT2D eigenvalue weighted by Crippen LogP contribution is -1.92. The molecule has 0 saturated heterocycles. The van der Waals surface area contributed by atoms with Gasteiger partial charge in [0.2, 0.25) is 0 Å². The largest absolute Gasteiger partial charge is 0.497 e. The fraction of sp³-hybridized carbons (Fsp3) is 0.333. The molecule has 1 aromatic rings. The summed E-state index contributed by atoms with van der Waals surface area (Å²) in [5, 5.41) is 9.09. The average Bonchev–Trinajstić information content (AvgIpc) is 2.15. The maximum atomic E-state index is 9.09. The van der Waals surface area contributed by atoms with Gasteiger partial charge in [0.1, 0.15) is 5.75 Å². The average molecular weight is 192 g/mol. The van der Waals surface area contributed by atoms with Gasteiger partial charge >= 0.3 is 0 Å². The van der Waals surface area contributed by atoms with Crippen molar-refractivity contribution in [3.8, 4) is 5.75 Å². The van der Waals surface area contributed by atoms with E-state index in [-0.39, 0.29) is 0 Å². The molecule has 1 aromatic carbocycles. The molecule has 0 aliphatic rings. The lowest BCUT2D eigenvalue weighted by atomic mass is 10.1. The van der Waals surface area contributed by atoms with E-state index in [0.29, 0.717) is 0 Å². The second kappa shape index (κ2) is 4.82. The molecule has 0 heterocycles. The molecule has 0 spiro atoms. The van der Waals surface area contributed by atoms with Crippen molar-refractivity contribution < 1.29 is 9.84 Å². The van der Waals surface area contributed by atoms with Crippen LogP contribution < -0.4 is 4.74 Å². The Morgan fingerprint density at radius 1 is 1.43 bits per heavy atom. The Morgan fingerprint density at radius 2 is 2.14 bits per heavy atom. The van der Waals surface area contributed by atoms with Crippen molar-refractivity contribution in [2.45, 2.75) is 20.0 Å². The molecule has 1 rings (SSSR count). The third-order valence-electron chi connectivity index (χ3n) is 2.03. The molecule has 2 nitrogen and oxygen atoms in total. The molecule has 0 saturated carbocycles. The van der Waals surface area contributed by atoms with Gasteiger partial charge in [0, 0.05) is 0 Å². The predicted molar refractivity (Wildman–Crippen MR) is 58.4 cm³/mol. The second-order valence-electron chi connectivity index (χ2n) is 3.32. The van der Waals surface area contributed by atoms with E-state index in [4.69, 9.17) is 9.84 Å². The molecule has 76 valence electrons. The molecule has 0 bridgehead atoms. The first-order valence-corrected chi connectivity index (χ1v) is 4.64. The number of aliphatic hydroxyl groups is 1. The van der Waals surface area contributed by atoms with E-state index in [1.165, 1.54) is 0 Å². The summed E-state index contributed by atoms with van der Waals surface area (Å²) in [4.78, 5) is 0. The molecule has 2 heteroatoms. The number of rotatable bonds is 3. The minimum absolute atomic E-state index is 0.406. The van der Waals surface area contributed by atoms with E-state index < -0.39 is 6.10 Å². The molecule has 1 N–H and O–H groups in total. The summed E-state index contributed by atoms with van der Waals surface area (Å²) in [6, 6.07) is 5.86. The Kier molecular flexibility index (Phi) is 3.72. The van der Waals surface area contributed by atoms with Crippen LogP contribution in [0.3, 0.4) is 0 Å². The van der Waals surface area contributed by atoms with Crippen molar-refractivity contribution in [3.63, 3.8) is 0 Å². The SMILES string of the molecule is COc1ccc(/C=C/C(C)O)c(C)c1. The first kappa shape index (κ1) is 10.8. The summed E-state index contributed by atoms with van der Waals surface area (Å²) < 4.78 is 5.10. The Hall–Kier alpha value is -1.28. The Morgan fingerprint density at radius 3 is 2.64 bits per heavy atom. The predicted octanol–water partition coefficient (Wildman–Crippen LogP) is 2.40. The van der Waals surface area contributed by atoms with Gasteiger partial charge in [-0.25, -0.2) is 0 Å². The van der Waals surface area contributed by atoms with Gasteiger partial charge in [0.25, 0.3) is 0 Å². The summed E-state index contributed by atoms with van der Waals surface area (Å²) in [6.07, 6.45) is 3.27. The summed E-state index contributed by atoms with van der Waals surface area (Å²) in [5.41, 5.74) is 2.24. The molecular formula is C12H16O2. The van der Waals surface area contributed by atoms with Gasteiger partial charge in [0.15, 0.2) is 0 Å². The highest BCUT2D eigenvalue weighted by molar-refractivity contribution is 5.55. The fourth-order valence-corrected chi connectivity index (χ4v) is 1.21. The van der Waals surface area contributed by atoms with Crippen molar-refractivity contribution in [1.29, 1.82) is 0 Å². The van der Waals surface area contributed by atoms with Crippen LogP contribution in [-0.4, -0.2) is 18.3 Å². The molecule has 0 aliphatic heterocycles. The monoisotopic (exact) mass is 192 g/mol. The van der Waals surface area contributed by atoms with E-state index in [0.717, 1.165) is 16.9 Å². The van der Waals surface area contributed by atoms with Gasteiger partial charge < -0.3 is 9.84 Å². The van der Waals surface area contributed by atoms with Crippen LogP contribution in [0, 0.1) is 6.92 Å². The fourth-order valence-electron chi connectivity index (χ4n) is 1.21. The highest BCUT2D eigenvalue weighted by Gasteiger charge is 1.97. The molecule has 0 aliphatic carbocycles. The van der Waals surface area contributed by atoms with Gasteiger partial charge in [-0.05, 0) is 37.1 Å². The maximum Gasteiger partial charge on any atom is 0.119 e. The van der Waals surface area contributed by atoms with Gasteiger partial charge in [-0.15, -0.1) is 0 Å². The third kappa shape index (κ3) is 2.89. The van der Waals surface area contributed by atoms with E-state index >= 15 is 0 Å². The molecule has 1 unspecified atom stereocenters. The van der Waals surface area contributed by atoms with Crippen LogP contribution in [0.5, 0.6) is 5.75 Å². The standard InChI is InChI=1S/C12H16O2/c1-9-8-12(14-3)7-6-11(9)5-4-10(2)13/h4-8,10,13H,1-3H3/b5-4+. The summed E-state index contributed by atoms with van der Waals surface area (Å²) in [5.74, 6) is 0.858. The van der Waals surface area contributed by atoms with E-state index in [2.05, 4.69) is 0 Å². The first-order valence-electron chi connectivity index (χ1n) is 4.64. The Bertz CT molecular complexity index is 327. The van der Waals surface area contributed by atoms with Crippen LogP contribution in [0.25, 0.3) is 6.08 Å². The zero-order valence-electron chi connectivity index (χ0n) is 8.82. The van der Waals surface area contributed by atoms with Crippen molar-refractivity contribution in [1.82, 2.24) is 0 Å². The van der Waals surface area contributed by atoms with Crippen molar-refractivity contribution in [3.05, 3.63) is 35.4 Å². The van der Waals surface area contributed by atoms with Gasteiger partial charge in [-0.2, -0.15) is 0 Å². The number of aliphatic hydroxyl groups excluding tert-OH is 1. The first-order chi connectivity index (χ1) is 6.63. The highest BCUT2D eigenvalue weighted by Crippen LogP contribution is 2.17. The Labute approximate surface area is 84.8 Å². The van der Waals surface area contributed by atoms with Crippen LogP contribution in [0.2, 0.25) is 0 Å². The lowest BCUT2D eigenvalue weighted by molar-refractivity contribution is 0.245. The van der Waals surface area contributed by atoms with Crippen molar-refractivity contribution in [2.24, 2.45) is 0 Å². The van der Waals surface area contributed by atoms with Gasteiger partial charge in [0.05, 0.1) is 13.2 Å². The summed E-state index contributed by atoms with van der Waals surface area (Å²) in [7, 11) is 1.65. The summed E-state index contributed by atoms with van der Waals surface area (Å²) in [6.45, 7) is 3.75. The second-order valence-corrected chi connectivity index (χ2v) is 3.32. The minimum atomic E-state index is -0.406. The molecule has 14 heavy (non-hydrogen) atoms.